The Bertz CT molecular complexity index is 524. The molecule has 1 fully saturated rings. The Morgan fingerprint density at radius 1 is 1.32 bits per heavy atom. The van der Waals surface area contributed by atoms with Crippen molar-refractivity contribution in [2.24, 2.45) is 5.92 Å². The van der Waals surface area contributed by atoms with Crippen LogP contribution >= 0.6 is 0 Å². The molecule has 5 heteroatoms. The van der Waals surface area contributed by atoms with Crippen LogP contribution in [0.15, 0.2) is 24.3 Å². The van der Waals surface area contributed by atoms with Gasteiger partial charge in [-0.15, -0.1) is 0 Å². The summed E-state index contributed by atoms with van der Waals surface area (Å²) < 4.78 is 5.24. The van der Waals surface area contributed by atoms with E-state index < -0.39 is 0 Å². The molecule has 0 unspecified atom stereocenters. The molecule has 0 bridgehead atoms. The van der Waals surface area contributed by atoms with Crippen molar-refractivity contribution in [1.82, 2.24) is 5.32 Å². The quantitative estimate of drug-likeness (QED) is 0.904. The topological polar surface area (TPSA) is 58.6 Å². The van der Waals surface area contributed by atoms with Gasteiger partial charge in [0.05, 0.1) is 6.54 Å². The summed E-state index contributed by atoms with van der Waals surface area (Å²) in [5.74, 6) is -0.166. The van der Waals surface area contributed by atoms with Crippen molar-refractivity contribution in [2.45, 2.75) is 26.7 Å². The summed E-state index contributed by atoms with van der Waals surface area (Å²) in [5.41, 5.74) is 1.97. The molecular weight excluding hydrogens is 280 g/mol. The van der Waals surface area contributed by atoms with Crippen LogP contribution in [0.3, 0.4) is 0 Å². The Kier molecular flexibility index (Phi) is 5.95. The fourth-order valence-electron chi connectivity index (χ4n) is 2.66. The molecule has 1 saturated heterocycles. The summed E-state index contributed by atoms with van der Waals surface area (Å²) >= 11 is 0. The van der Waals surface area contributed by atoms with Gasteiger partial charge in [0.25, 0.3) is 0 Å². The molecule has 2 amide bonds. The third-order valence-electron chi connectivity index (χ3n) is 3.94. The molecule has 0 spiro atoms. The van der Waals surface area contributed by atoms with Crippen molar-refractivity contribution in [3.8, 4) is 0 Å². The summed E-state index contributed by atoms with van der Waals surface area (Å²) in [6.45, 7) is 5.79. The number of amides is 2. The minimum atomic E-state index is -0.0893. The number of likely N-dealkylation sites (N-methyl/N-ethyl adjacent to an activating group) is 1. The molecule has 5 nitrogen and oxygen atoms in total. The molecule has 0 aliphatic carbocycles. The van der Waals surface area contributed by atoms with Crippen LogP contribution in [0.1, 0.15) is 25.3 Å². The van der Waals surface area contributed by atoms with Crippen LogP contribution < -0.4 is 10.2 Å². The zero-order valence-electron chi connectivity index (χ0n) is 13.3. The number of ether oxygens (including phenoxy) is 1. The van der Waals surface area contributed by atoms with Gasteiger partial charge in [0.15, 0.2) is 0 Å². The number of hydrogen-bond donors (Lipinski definition) is 1. The van der Waals surface area contributed by atoms with Gasteiger partial charge in [0, 0.05) is 31.4 Å². The largest absolute Gasteiger partial charge is 0.381 e. The van der Waals surface area contributed by atoms with Crippen molar-refractivity contribution < 1.29 is 14.3 Å². The normalized spacial score (nSPS) is 15.4. The predicted octanol–water partition coefficient (Wildman–Crippen LogP) is 1.89. The first-order chi connectivity index (χ1) is 10.6. The number of carbonyl (C=O) groups is 2. The number of anilines is 1. The fourth-order valence-corrected chi connectivity index (χ4v) is 2.66. The molecule has 120 valence electrons. The minimum absolute atomic E-state index is 0.0319. The summed E-state index contributed by atoms with van der Waals surface area (Å²) in [6.07, 6.45) is 1.46. The van der Waals surface area contributed by atoms with Crippen LogP contribution in [-0.2, 0) is 14.3 Å². The molecular formula is C17H24N2O3. The van der Waals surface area contributed by atoms with Gasteiger partial charge in [-0.1, -0.05) is 12.1 Å². The van der Waals surface area contributed by atoms with E-state index in [1.165, 1.54) is 0 Å². The highest BCUT2D eigenvalue weighted by atomic mass is 16.5. The number of hydrogen-bond acceptors (Lipinski definition) is 3. The second kappa shape index (κ2) is 7.94. The molecule has 0 radical (unpaired) electrons. The molecule has 1 aliphatic heterocycles. The van der Waals surface area contributed by atoms with Crippen LogP contribution in [-0.4, -0.2) is 38.1 Å². The van der Waals surface area contributed by atoms with Gasteiger partial charge < -0.3 is 15.0 Å². The van der Waals surface area contributed by atoms with E-state index in [2.05, 4.69) is 5.32 Å². The van der Waals surface area contributed by atoms with Gasteiger partial charge in [-0.25, -0.2) is 0 Å². The second-order valence-electron chi connectivity index (χ2n) is 5.58. The Morgan fingerprint density at radius 3 is 2.68 bits per heavy atom. The van der Waals surface area contributed by atoms with Gasteiger partial charge in [-0.2, -0.15) is 0 Å². The van der Waals surface area contributed by atoms with Crippen molar-refractivity contribution in [3.05, 3.63) is 29.8 Å². The van der Waals surface area contributed by atoms with E-state index in [1.807, 2.05) is 38.1 Å². The van der Waals surface area contributed by atoms with E-state index in [1.54, 1.807) is 4.90 Å². The number of rotatable bonds is 5. The van der Waals surface area contributed by atoms with Crippen molar-refractivity contribution in [1.29, 1.82) is 0 Å². The molecule has 1 heterocycles. The van der Waals surface area contributed by atoms with Gasteiger partial charge in [-0.05, 0) is 44.4 Å². The first-order valence-electron chi connectivity index (χ1n) is 7.84. The van der Waals surface area contributed by atoms with Gasteiger partial charge in [-0.3, -0.25) is 9.59 Å². The maximum Gasteiger partial charge on any atom is 0.246 e. The average molecular weight is 304 g/mol. The first kappa shape index (κ1) is 16.5. The highest BCUT2D eigenvalue weighted by Crippen LogP contribution is 2.16. The van der Waals surface area contributed by atoms with Crippen LogP contribution in [0, 0.1) is 12.8 Å². The zero-order valence-corrected chi connectivity index (χ0v) is 13.3. The number of nitrogens with zero attached hydrogens (tertiary/aromatic N) is 1. The van der Waals surface area contributed by atoms with E-state index >= 15 is 0 Å². The second-order valence-corrected chi connectivity index (χ2v) is 5.58. The van der Waals surface area contributed by atoms with E-state index in [4.69, 9.17) is 4.74 Å². The lowest BCUT2D eigenvalue weighted by atomic mass is 9.99. The van der Waals surface area contributed by atoms with Crippen LogP contribution in [0.4, 0.5) is 5.69 Å². The molecule has 1 aliphatic rings. The fraction of sp³-hybridized carbons (Fsp3) is 0.529. The van der Waals surface area contributed by atoms with Crippen LogP contribution in [0.25, 0.3) is 0 Å². The summed E-state index contributed by atoms with van der Waals surface area (Å²) in [6, 6.07) is 7.81. The summed E-state index contributed by atoms with van der Waals surface area (Å²) in [4.78, 5) is 26.1. The lowest BCUT2D eigenvalue weighted by Crippen LogP contribution is -2.43. The molecule has 0 atom stereocenters. The predicted molar refractivity (Wildman–Crippen MR) is 85.8 cm³/mol. The Labute approximate surface area is 131 Å². The number of benzene rings is 1. The van der Waals surface area contributed by atoms with Gasteiger partial charge in [0.2, 0.25) is 11.8 Å². The van der Waals surface area contributed by atoms with Crippen molar-refractivity contribution in [3.63, 3.8) is 0 Å². The Balaban J connectivity index is 1.90. The lowest BCUT2D eigenvalue weighted by Gasteiger charge is -2.24. The Hall–Kier alpha value is -1.88. The monoisotopic (exact) mass is 304 g/mol. The standard InChI is InChI=1S/C17H24N2O3/c1-3-19(15-6-4-5-13(2)11-15)16(20)12-18-17(21)14-7-9-22-10-8-14/h4-6,11,14H,3,7-10,12H2,1-2H3,(H,18,21). The van der Waals surface area contributed by atoms with Crippen LogP contribution in [0.2, 0.25) is 0 Å². The maximum absolute atomic E-state index is 12.4. The van der Waals surface area contributed by atoms with Crippen molar-refractivity contribution in [2.75, 3.05) is 31.2 Å². The Morgan fingerprint density at radius 2 is 2.05 bits per heavy atom. The molecule has 0 saturated carbocycles. The molecule has 1 aromatic rings. The van der Waals surface area contributed by atoms with Crippen molar-refractivity contribution >= 4 is 17.5 Å². The van der Waals surface area contributed by atoms with E-state index in [-0.39, 0.29) is 24.3 Å². The van der Waals surface area contributed by atoms with Crippen LogP contribution in [0.5, 0.6) is 0 Å². The first-order valence-corrected chi connectivity index (χ1v) is 7.84. The minimum Gasteiger partial charge on any atom is -0.381 e. The molecule has 0 aromatic heterocycles. The third kappa shape index (κ3) is 4.31. The van der Waals surface area contributed by atoms with Gasteiger partial charge in [0.1, 0.15) is 0 Å². The average Bonchev–Trinajstić information content (AvgIpc) is 2.54. The molecule has 1 aromatic carbocycles. The number of nitrogens with one attached hydrogen (secondary N) is 1. The summed E-state index contributed by atoms with van der Waals surface area (Å²) in [5, 5.41) is 2.77. The molecule has 22 heavy (non-hydrogen) atoms. The van der Waals surface area contributed by atoms with Gasteiger partial charge >= 0.3 is 0 Å². The zero-order chi connectivity index (χ0) is 15.9. The van der Waals surface area contributed by atoms with E-state index in [0.29, 0.717) is 19.8 Å². The number of aryl methyl sites for hydroxylation is 1. The SMILES string of the molecule is CCN(C(=O)CNC(=O)C1CCOCC1)c1cccc(C)c1. The number of carbonyl (C=O) groups excluding carboxylic acids is 2. The highest BCUT2D eigenvalue weighted by Gasteiger charge is 2.22. The molecule has 1 N–H and O–H groups in total. The smallest absolute Gasteiger partial charge is 0.246 e. The lowest BCUT2D eigenvalue weighted by molar-refractivity contribution is -0.130. The highest BCUT2D eigenvalue weighted by molar-refractivity contribution is 5.96. The van der Waals surface area contributed by atoms with E-state index in [0.717, 1.165) is 24.1 Å². The van der Waals surface area contributed by atoms with E-state index in [9.17, 15) is 9.59 Å². The summed E-state index contributed by atoms with van der Waals surface area (Å²) in [7, 11) is 0. The maximum atomic E-state index is 12.4. The molecule has 2 rings (SSSR count). The third-order valence-corrected chi connectivity index (χ3v) is 3.94.